The Bertz CT molecular complexity index is 591. The van der Waals surface area contributed by atoms with Gasteiger partial charge in [-0.05, 0) is 30.5 Å². The summed E-state index contributed by atoms with van der Waals surface area (Å²) >= 11 is 1.80. The Labute approximate surface area is 128 Å². The maximum absolute atomic E-state index is 13.0. The predicted octanol–water partition coefficient (Wildman–Crippen LogP) is 3.60. The Kier molecular flexibility index (Phi) is 4.60. The number of aliphatic hydroxyl groups is 1. The van der Waals surface area contributed by atoms with E-state index in [0.29, 0.717) is 11.8 Å². The number of aliphatic hydroxyl groups excluding tert-OH is 1. The molecule has 0 saturated heterocycles. The highest BCUT2D eigenvalue weighted by atomic mass is 32.2. The molecule has 0 radical (unpaired) electrons. The van der Waals surface area contributed by atoms with Crippen LogP contribution >= 0.6 is 11.8 Å². The number of hydrogen-bond acceptors (Lipinski definition) is 3. The molecule has 3 rings (SSSR count). The largest absolute Gasteiger partial charge is 0.390 e. The third-order valence-electron chi connectivity index (χ3n) is 3.89. The number of rotatable bonds is 5. The number of thioether (sulfide) groups is 1. The van der Waals surface area contributed by atoms with Gasteiger partial charge in [0.2, 0.25) is 0 Å². The Morgan fingerprint density at radius 2 is 1.95 bits per heavy atom. The van der Waals surface area contributed by atoms with Gasteiger partial charge in [0.1, 0.15) is 5.82 Å². The topological polar surface area (TPSA) is 38.1 Å². The van der Waals surface area contributed by atoms with Crippen LogP contribution in [0.15, 0.2) is 35.6 Å². The Morgan fingerprint density at radius 1 is 1.24 bits per heavy atom. The molecule has 0 unspecified atom stereocenters. The first kappa shape index (κ1) is 14.6. The molecule has 1 heterocycles. The van der Waals surface area contributed by atoms with Crippen LogP contribution in [0.1, 0.15) is 36.9 Å². The fourth-order valence-electron chi connectivity index (χ4n) is 2.71. The number of benzene rings is 1. The van der Waals surface area contributed by atoms with Gasteiger partial charge in [0.25, 0.3) is 0 Å². The van der Waals surface area contributed by atoms with Crippen molar-refractivity contribution in [3.8, 4) is 0 Å². The summed E-state index contributed by atoms with van der Waals surface area (Å²) in [5.74, 6) is -0.229. The first-order valence-corrected chi connectivity index (χ1v) is 8.20. The van der Waals surface area contributed by atoms with E-state index in [1.807, 2.05) is 4.57 Å². The molecule has 0 atom stereocenters. The average molecular weight is 306 g/mol. The molecule has 1 aliphatic rings. The molecule has 0 amide bonds. The molecule has 1 saturated carbocycles. The minimum Gasteiger partial charge on any atom is -0.390 e. The van der Waals surface area contributed by atoms with E-state index in [1.165, 1.54) is 37.8 Å². The molecule has 2 aromatic rings. The number of halogens is 1. The Morgan fingerprint density at radius 3 is 2.62 bits per heavy atom. The maximum Gasteiger partial charge on any atom is 0.168 e. The van der Waals surface area contributed by atoms with Crippen LogP contribution in [0.2, 0.25) is 0 Å². The minimum atomic E-state index is -0.229. The fraction of sp³-hybridized carbons (Fsp3) is 0.438. The second-order valence-corrected chi connectivity index (χ2v) is 6.69. The van der Waals surface area contributed by atoms with Gasteiger partial charge in [-0.3, -0.25) is 0 Å². The van der Waals surface area contributed by atoms with Gasteiger partial charge in [-0.1, -0.05) is 36.7 Å². The molecular formula is C16H19FN2OS. The molecule has 0 aliphatic heterocycles. The molecular weight excluding hydrogens is 287 g/mol. The van der Waals surface area contributed by atoms with E-state index in [9.17, 15) is 9.50 Å². The van der Waals surface area contributed by atoms with Gasteiger partial charge in [0, 0.05) is 11.8 Å². The second-order valence-electron chi connectivity index (χ2n) is 5.43. The summed E-state index contributed by atoms with van der Waals surface area (Å²) in [4.78, 5) is 4.46. The molecule has 1 aromatic heterocycles. The van der Waals surface area contributed by atoms with Crippen LogP contribution in [0, 0.1) is 5.82 Å². The molecule has 3 nitrogen and oxygen atoms in total. The van der Waals surface area contributed by atoms with Crippen molar-refractivity contribution in [2.24, 2.45) is 0 Å². The van der Waals surface area contributed by atoms with Gasteiger partial charge in [0.15, 0.2) is 5.16 Å². The smallest absolute Gasteiger partial charge is 0.168 e. The molecule has 5 heteroatoms. The normalized spacial score (nSPS) is 15.7. The van der Waals surface area contributed by atoms with Gasteiger partial charge in [-0.25, -0.2) is 9.37 Å². The van der Waals surface area contributed by atoms with Crippen LogP contribution < -0.4 is 0 Å². The highest BCUT2D eigenvalue weighted by Crippen LogP contribution is 2.34. The van der Waals surface area contributed by atoms with Gasteiger partial charge >= 0.3 is 0 Å². The zero-order valence-electron chi connectivity index (χ0n) is 11.8. The highest BCUT2D eigenvalue weighted by Gasteiger charge is 2.20. The number of nitrogens with zero attached hydrogens (tertiary/aromatic N) is 2. The summed E-state index contributed by atoms with van der Waals surface area (Å²) < 4.78 is 15.0. The van der Waals surface area contributed by atoms with Crippen molar-refractivity contribution in [1.82, 2.24) is 9.55 Å². The zero-order valence-corrected chi connectivity index (χ0v) is 12.7. The van der Waals surface area contributed by atoms with E-state index in [2.05, 4.69) is 4.98 Å². The third-order valence-corrected chi connectivity index (χ3v) is 5.23. The van der Waals surface area contributed by atoms with Crippen LogP contribution in [-0.2, 0) is 13.2 Å². The van der Waals surface area contributed by atoms with E-state index in [4.69, 9.17) is 0 Å². The van der Waals surface area contributed by atoms with Crippen LogP contribution in [0.4, 0.5) is 4.39 Å². The van der Waals surface area contributed by atoms with Crippen molar-refractivity contribution < 1.29 is 9.50 Å². The van der Waals surface area contributed by atoms with E-state index in [1.54, 1.807) is 30.1 Å². The zero-order chi connectivity index (χ0) is 14.7. The predicted molar refractivity (Wildman–Crippen MR) is 81.8 cm³/mol. The van der Waals surface area contributed by atoms with Gasteiger partial charge in [0.05, 0.1) is 18.5 Å². The first-order valence-electron chi connectivity index (χ1n) is 7.32. The average Bonchev–Trinajstić information content (AvgIpc) is 3.13. The lowest BCUT2D eigenvalue weighted by Gasteiger charge is -2.13. The molecule has 0 bridgehead atoms. The molecule has 1 fully saturated rings. The van der Waals surface area contributed by atoms with E-state index >= 15 is 0 Å². The minimum absolute atomic E-state index is 0.0284. The summed E-state index contributed by atoms with van der Waals surface area (Å²) in [6, 6.07) is 6.49. The molecule has 1 aromatic carbocycles. The molecule has 1 aliphatic carbocycles. The number of aromatic nitrogens is 2. The lowest BCUT2D eigenvalue weighted by atomic mass is 10.2. The highest BCUT2D eigenvalue weighted by molar-refractivity contribution is 7.99. The summed E-state index contributed by atoms with van der Waals surface area (Å²) in [7, 11) is 0. The fourth-order valence-corrected chi connectivity index (χ4v) is 4.00. The monoisotopic (exact) mass is 306 g/mol. The standard InChI is InChI=1S/C16H19FN2OS/c17-13-7-5-12(6-8-13)10-19-14(11-20)9-18-16(19)21-15-3-1-2-4-15/h5-9,15,20H,1-4,10-11H2. The van der Waals surface area contributed by atoms with Crippen molar-refractivity contribution in [3.63, 3.8) is 0 Å². The Hall–Kier alpha value is -1.33. The van der Waals surface area contributed by atoms with E-state index in [0.717, 1.165) is 16.4 Å². The van der Waals surface area contributed by atoms with Crippen LogP contribution in [0.25, 0.3) is 0 Å². The van der Waals surface area contributed by atoms with Gasteiger partial charge in [-0.15, -0.1) is 0 Å². The number of hydrogen-bond donors (Lipinski definition) is 1. The molecule has 21 heavy (non-hydrogen) atoms. The summed E-state index contributed by atoms with van der Waals surface area (Å²) in [5, 5.41) is 11.1. The molecule has 112 valence electrons. The van der Waals surface area contributed by atoms with Crippen molar-refractivity contribution in [3.05, 3.63) is 47.5 Å². The van der Waals surface area contributed by atoms with Gasteiger partial charge < -0.3 is 9.67 Å². The molecule has 1 N–H and O–H groups in total. The summed E-state index contributed by atoms with van der Waals surface area (Å²) in [6.45, 7) is 0.588. The maximum atomic E-state index is 13.0. The van der Waals surface area contributed by atoms with Crippen LogP contribution in [-0.4, -0.2) is 19.9 Å². The summed E-state index contributed by atoms with van der Waals surface area (Å²) in [5.41, 5.74) is 1.82. The van der Waals surface area contributed by atoms with Crippen LogP contribution in [0.5, 0.6) is 0 Å². The van der Waals surface area contributed by atoms with Crippen LogP contribution in [0.3, 0.4) is 0 Å². The molecule has 0 spiro atoms. The first-order chi connectivity index (χ1) is 10.3. The van der Waals surface area contributed by atoms with Crippen molar-refractivity contribution in [1.29, 1.82) is 0 Å². The van der Waals surface area contributed by atoms with Gasteiger partial charge in [-0.2, -0.15) is 0 Å². The SMILES string of the molecule is OCc1cnc(SC2CCCC2)n1Cc1ccc(F)cc1. The lowest BCUT2D eigenvalue weighted by molar-refractivity contribution is 0.270. The lowest BCUT2D eigenvalue weighted by Crippen LogP contribution is -2.08. The second kappa shape index (κ2) is 6.62. The van der Waals surface area contributed by atoms with Crippen molar-refractivity contribution in [2.75, 3.05) is 0 Å². The quantitative estimate of drug-likeness (QED) is 0.917. The van der Waals surface area contributed by atoms with E-state index < -0.39 is 0 Å². The number of imidazole rings is 1. The Balaban J connectivity index is 1.81. The summed E-state index contributed by atoms with van der Waals surface area (Å²) in [6.07, 6.45) is 6.80. The van der Waals surface area contributed by atoms with Crippen molar-refractivity contribution >= 4 is 11.8 Å². The van der Waals surface area contributed by atoms with Crippen molar-refractivity contribution in [2.45, 2.75) is 49.2 Å². The third kappa shape index (κ3) is 3.47. The van der Waals surface area contributed by atoms with E-state index in [-0.39, 0.29) is 12.4 Å².